The minimum atomic E-state index is -0.792. The molecule has 166 valence electrons. The van der Waals surface area contributed by atoms with Crippen LogP contribution >= 0.6 is 0 Å². The number of rotatable bonds is 8. The Hall–Kier alpha value is -3.27. The maximum atomic E-state index is 12.8. The lowest BCUT2D eigenvalue weighted by atomic mass is 10.00. The van der Waals surface area contributed by atoms with Crippen LogP contribution in [0.3, 0.4) is 0 Å². The predicted octanol–water partition coefficient (Wildman–Crippen LogP) is 2.83. The number of nitrogens with zero attached hydrogens (tertiary/aromatic N) is 2. The first-order valence-corrected chi connectivity index (χ1v) is 10.4. The number of non-ortho nitro benzene ring substituents is 1. The topological polar surface area (TPSA) is 139 Å². The highest BCUT2D eigenvalue weighted by molar-refractivity contribution is 6.00. The van der Waals surface area contributed by atoms with Gasteiger partial charge in [-0.15, -0.1) is 0 Å². The van der Waals surface area contributed by atoms with Gasteiger partial charge in [0.15, 0.2) is 11.6 Å². The molecule has 0 saturated carbocycles. The van der Waals surface area contributed by atoms with E-state index in [1.807, 2.05) is 13.8 Å². The fourth-order valence-electron chi connectivity index (χ4n) is 3.47. The highest BCUT2D eigenvalue weighted by Crippen LogP contribution is 2.22. The molecule has 1 aliphatic heterocycles. The Bertz CT molecular complexity index is 918. The van der Waals surface area contributed by atoms with E-state index in [2.05, 4.69) is 20.9 Å². The molecule has 2 amide bonds. The highest BCUT2D eigenvalue weighted by atomic mass is 16.6. The number of oxazole rings is 1. The molecule has 3 rings (SSSR count). The van der Waals surface area contributed by atoms with Gasteiger partial charge in [-0.1, -0.05) is 13.8 Å². The van der Waals surface area contributed by atoms with Crippen molar-refractivity contribution < 1.29 is 18.9 Å². The molecule has 0 spiro atoms. The van der Waals surface area contributed by atoms with Gasteiger partial charge < -0.3 is 20.4 Å². The molecule has 0 bridgehead atoms. The van der Waals surface area contributed by atoms with Gasteiger partial charge in [-0.25, -0.2) is 4.98 Å². The molecule has 0 radical (unpaired) electrons. The fraction of sp³-hybridized carbons (Fsp3) is 0.476. The van der Waals surface area contributed by atoms with Gasteiger partial charge >= 0.3 is 0 Å². The van der Waals surface area contributed by atoms with Gasteiger partial charge in [0.1, 0.15) is 12.3 Å². The van der Waals surface area contributed by atoms with E-state index < -0.39 is 22.8 Å². The average Bonchev–Trinajstić information content (AvgIpc) is 3.24. The number of aromatic nitrogens is 1. The first-order valence-electron chi connectivity index (χ1n) is 10.4. The van der Waals surface area contributed by atoms with Crippen LogP contribution in [0.1, 0.15) is 55.4 Å². The van der Waals surface area contributed by atoms with Gasteiger partial charge in [0, 0.05) is 30.3 Å². The van der Waals surface area contributed by atoms with Crippen molar-refractivity contribution in [2.24, 2.45) is 5.92 Å². The van der Waals surface area contributed by atoms with E-state index in [4.69, 9.17) is 4.42 Å². The van der Waals surface area contributed by atoms with Gasteiger partial charge in [0.05, 0.1) is 4.92 Å². The van der Waals surface area contributed by atoms with Gasteiger partial charge in [0.25, 0.3) is 11.6 Å². The zero-order valence-corrected chi connectivity index (χ0v) is 17.6. The van der Waals surface area contributed by atoms with Crippen molar-refractivity contribution >= 4 is 23.2 Å². The smallest absolute Gasteiger partial charge is 0.273 e. The number of carbonyl (C=O) groups is 2. The van der Waals surface area contributed by atoms with Gasteiger partial charge in [-0.05, 0) is 43.9 Å². The maximum Gasteiger partial charge on any atom is 0.273 e. The monoisotopic (exact) mass is 429 g/mol. The predicted molar refractivity (Wildman–Crippen MR) is 114 cm³/mol. The second-order valence-electron chi connectivity index (χ2n) is 8.06. The number of benzene rings is 1. The summed E-state index contributed by atoms with van der Waals surface area (Å²) in [6.07, 6.45) is 3.71. The van der Waals surface area contributed by atoms with Crippen LogP contribution in [0.2, 0.25) is 0 Å². The molecule has 1 aromatic heterocycles. The summed E-state index contributed by atoms with van der Waals surface area (Å²) in [6.45, 7) is 5.62. The average molecular weight is 429 g/mol. The van der Waals surface area contributed by atoms with Crippen molar-refractivity contribution in [2.45, 2.75) is 45.1 Å². The first-order chi connectivity index (χ1) is 14.8. The third kappa shape index (κ3) is 6.11. The molecule has 3 N–H and O–H groups in total. The van der Waals surface area contributed by atoms with Gasteiger partial charge in [-0.2, -0.15) is 0 Å². The number of nitro benzene ring substituents is 1. The van der Waals surface area contributed by atoms with E-state index in [-0.39, 0.29) is 23.2 Å². The zero-order chi connectivity index (χ0) is 22.4. The van der Waals surface area contributed by atoms with E-state index >= 15 is 0 Å². The molecule has 2 unspecified atom stereocenters. The summed E-state index contributed by atoms with van der Waals surface area (Å²) in [6, 6.07) is 4.73. The zero-order valence-electron chi connectivity index (χ0n) is 17.6. The molecular weight excluding hydrogens is 402 g/mol. The van der Waals surface area contributed by atoms with Crippen LogP contribution in [-0.2, 0) is 4.79 Å². The van der Waals surface area contributed by atoms with Crippen LogP contribution < -0.4 is 16.0 Å². The fourth-order valence-corrected chi connectivity index (χ4v) is 3.47. The Kier molecular flexibility index (Phi) is 7.35. The van der Waals surface area contributed by atoms with E-state index in [0.717, 1.165) is 25.9 Å². The van der Waals surface area contributed by atoms with Crippen molar-refractivity contribution in [3.05, 3.63) is 52.2 Å². The quantitative estimate of drug-likeness (QED) is 0.433. The van der Waals surface area contributed by atoms with Crippen LogP contribution in [0.15, 0.2) is 34.9 Å². The lowest BCUT2D eigenvalue weighted by Crippen LogP contribution is -2.44. The summed E-state index contributed by atoms with van der Waals surface area (Å²) in [5, 5.41) is 19.5. The van der Waals surface area contributed by atoms with Crippen molar-refractivity contribution in [2.75, 3.05) is 18.4 Å². The maximum absolute atomic E-state index is 12.8. The summed E-state index contributed by atoms with van der Waals surface area (Å²) in [7, 11) is 0. The molecule has 1 aliphatic rings. The van der Waals surface area contributed by atoms with E-state index in [1.165, 1.54) is 30.5 Å². The Morgan fingerprint density at radius 2 is 2.06 bits per heavy atom. The summed E-state index contributed by atoms with van der Waals surface area (Å²) >= 11 is 0. The number of hydrogen-bond acceptors (Lipinski definition) is 7. The number of amides is 2. The van der Waals surface area contributed by atoms with Crippen molar-refractivity contribution in [3.63, 3.8) is 0 Å². The second-order valence-corrected chi connectivity index (χ2v) is 8.06. The molecule has 2 heterocycles. The van der Waals surface area contributed by atoms with Gasteiger partial charge in [0.2, 0.25) is 5.91 Å². The molecule has 10 heteroatoms. The Labute approximate surface area is 180 Å². The first kappa shape index (κ1) is 22.4. The number of anilines is 1. The molecule has 31 heavy (non-hydrogen) atoms. The normalized spacial score (nSPS) is 17.2. The molecule has 2 atom stereocenters. The third-order valence-corrected chi connectivity index (χ3v) is 5.08. The number of nitrogens with one attached hydrogen (secondary N) is 3. The summed E-state index contributed by atoms with van der Waals surface area (Å²) in [4.78, 5) is 40.1. The Balaban J connectivity index is 1.65. The molecule has 0 aliphatic carbocycles. The van der Waals surface area contributed by atoms with Crippen LogP contribution in [0.4, 0.5) is 11.4 Å². The van der Waals surface area contributed by atoms with Crippen molar-refractivity contribution in [1.82, 2.24) is 15.6 Å². The van der Waals surface area contributed by atoms with E-state index in [1.54, 1.807) is 0 Å². The van der Waals surface area contributed by atoms with Gasteiger partial charge in [-0.3, -0.25) is 19.7 Å². The second kappa shape index (κ2) is 10.2. The molecule has 10 nitrogen and oxygen atoms in total. The van der Waals surface area contributed by atoms with Crippen LogP contribution in [-0.4, -0.2) is 40.9 Å². The Morgan fingerprint density at radius 3 is 2.68 bits per heavy atom. The lowest BCUT2D eigenvalue weighted by molar-refractivity contribution is -0.384. The van der Waals surface area contributed by atoms with Crippen LogP contribution in [0.25, 0.3) is 0 Å². The SMILES string of the molecule is CC(C)CC(NC(=O)c1coc(C2CCCNC2)n1)C(=O)Nc1ccc([N+](=O)[O-])cc1. The standard InChI is InChI=1S/C21H27N5O5/c1-13(2)10-17(19(27)23-15-5-7-16(8-6-15)26(29)30)24-20(28)18-12-31-21(25-18)14-4-3-9-22-11-14/h5-8,12-14,17,22H,3-4,9-11H2,1-2H3,(H,23,27)(H,24,28). The van der Waals surface area contributed by atoms with Crippen LogP contribution in [0, 0.1) is 16.0 Å². The van der Waals surface area contributed by atoms with Crippen molar-refractivity contribution in [1.29, 1.82) is 0 Å². The summed E-state index contributed by atoms with van der Waals surface area (Å²) in [5.74, 6) is -0.0891. The van der Waals surface area contributed by atoms with Crippen molar-refractivity contribution in [3.8, 4) is 0 Å². The number of piperidine rings is 1. The minimum absolute atomic E-state index is 0.0694. The number of nitro groups is 1. The summed E-state index contributed by atoms with van der Waals surface area (Å²) < 4.78 is 5.51. The van der Waals surface area contributed by atoms with Crippen LogP contribution in [0.5, 0.6) is 0 Å². The lowest BCUT2D eigenvalue weighted by Gasteiger charge is -2.20. The van der Waals surface area contributed by atoms with E-state index in [9.17, 15) is 19.7 Å². The largest absolute Gasteiger partial charge is 0.448 e. The number of carbonyl (C=O) groups excluding carboxylic acids is 2. The molecular formula is C21H27N5O5. The summed E-state index contributed by atoms with van der Waals surface area (Å²) in [5.41, 5.74) is 0.477. The van der Waals surface area contributed by atoms with E-state index in [0.29, 0.717) is 18.0 Å². The minimum Gasteiger partial charge on any atom is -0.448 e. The molecule has 1 saturated heterocycles. The highest BCUT2D eigenvalue weighted by Gasteiger charge is 2.26. The Morgan fingerprint density at radius 1 is 1.32 bits per heavy atom. The molecule has 2 aromatic rings. The number of hydrogen-bond donors (Lipinski definition) is 3. The molecule has 1 aromatic carbocycles. The third-order valence-electron chi connectivity index (χ3n) is 5.08. The molecule has 1 fully saturated rings.